The van der Waals surface area contributed by atoms with Crippen molar-refractivity contribution < 1.29 is 33.9 Å². The van der Waals surface area contributed by atoms with Gasteiger partial charge in [-0.3, -0.25) is 14.5 Å². The van der Waals surface area contributed by atoms with E-state index in [0.29, 0.717) is 12.8 Å². The lowest BCUT2D eigenvalue weighted by atomic mass is 9.70. The molecule has 1 heterocycles. The van der Waals surface area contributed by atoms with Crippen LogP contribution in [0.4, 0.5) is 0 Å². The maximum Gasteiger partial charge on any atom is 0.345 e. The highest BCUT2D eigenvalue weighted by atomic mass is 17.4. The zero-order valence-corrected chi connectivity index (χ0v) is 20.8. The Morgan fingerprint density at radius 2 is 1.58 bits per heavy atom. The van der Waals surface area contributed by atoms with Crippen LogP contribution in [-0.4, -0.2) is 29.4 Å². The van der Waals surface area contributed by atoms with Gasteiger partial charge in [0.1, 0.15) is 5.78 Å². The van der Waals surface area contributed by atoms with Crippen molar-refractivity contribution in [3.8, 4) is 0 Å². The number of unbranched alkanes of at least 4 members (excludes halogenated alkanes) is 1. The highest BCUT2D eigenvalue weighted by molar-refractivity contribution is 5.97. The number of ketones is 2. The van der Waals surface area contributed by atoms with E-state index in [1.165, 1.54) is 0 Å². The van der Waals surface area contributed by atoms with Gasteiger partial charge >= 0.3 is 5.97 Å². The molecule has 0 spiro atoms. The minimum atomic E-state index is -1.35. The third kappa shape index (κ3) is 7.65. The van der Waals surface area contributed by atoms with E-state index in [-0.39, 0.29) is 29.8 Å². The molecule has 0 radical (unpaired) electrons. The first-order valence-corrected chi connectivity index (χ1v) is 11.5. The smallest absolute Gasteiger partial charge is 0.299 e. The van der Waals surface area contributed by atoms with Crippen molar-refractivity contribution in [3.63, 3.8) is 0 Å². The first-order chi connectivity index (χ1) is 14.2. The van der Waals surface area contributed by atoms with E-state index in [9.17, 15) is 14.4 Å². The van der Waals surface area contributed by atoms with Crippen LogP contribution in [0.15, 0.2) is 0 Å². The molecule has 1 aliphatic heterocycles. The van der Waals surface area contributed by atoms with Gasteiger partial charge in [0.05, 0.1) is 11.3 Å². The molecule has 2 atom stereocenters. The summed E-state index contributed by atoms with van der Waals surface area (Å²) in [5, 5.41) is 0. The topological polar surface area (TPSA) is 94.7 Å². The van der Waals surface area contributed by atoms with Crippen molar-refractivity contribution >= 4 is 17.5 Å². The van der Waals surface area contributed by atoms with Crippen molar-refractivity contribution in [2.75, 3.05) is 0 Å². The van der Waals surface area contributed by atoms with E-state index in [0.717, 1.165) is 19.3 Å². The van der Waals surface area contributed by atoms with Gasteiger partial charge in [0.2, 0.25) is 6.29 Å². The lowest BCUT2D eigenvalue weighted by molar-refractivity contribution is -0.326. The summed E-state index contributed by atoms with van der Waals surface area (Å²) in [5.41, 5.74) is -3.23. The average Bonchev–Trinajstić information content (AvgIpc) is 3.51. The van der Waals surface area contributed by atoms with Crippen LogP contribution in [0, 0.1) is 22.7 Å². The largest absolute Gasteiger partial charge is 0.345 e. The summed E-state index contributed by atoms with van der Waals surface area (Å²) in [6.07, 6.45) is 3.07. The number of hydrogen-bond donors (Lipinski definition) is 0. The Bertz CT molecular complexity index is 634. The maximum absolute atomic E-state index is 13.6. The molecular weight excluding hydrogens is 400 g/mol. The van der Waals surface area contributed by atoms with Crippen LogP contribution in [0.25, 0.3) is 0 Å². The molecule has 7 nitrogen and oxygen atoms in total. The fourth-order valence-corrected chi connectivity index (χ4v) is 3.91. The summed E-state index contributed by atoms with van der Waals surface area (Å²) < 4.78 is 0. The summed E-state index contributed by atoms with van der Waals surface area (Å²) >= 11 is 0. The van der Waals surface area contributed by atoms with Crippen molar-refractivity contribution in [3.05, 3.63) is 0 Å². The molecule has 0 aromatic rings. The molecule has 0 aromatic heterocycles. The fourth-order valence-electron chi connectivity index (χ4n) is 3.91. The average molecular weight is 443 g/mol. The summed E-state index contributed by atoms with van der Waals surface area (Å²) in [4.78, 5) is 59.4. The Hall–Kier alpha value is -1.31. The summed E-state index contributed by atoms with van der Waals surface area (Å²) in [6, 6.07) is 0. The molecule has 0 amide bonds. The Balaban J connectivity index is 2.94. The second-order valence-corrected chi connectivity index (χ2v) is 10.6. The fraction of sp³-hybridized carbons (Fsp3) is 0.875. The first kappa shape index (κ1) is 27.7. The number of Topliss-reactive ketones (excluding diaryl/α,β-unsaturated/α-hetero) is 2. The summed E-state index contributed by atoms with van der Waals surface area (Å²) in [6.45, 7) is 16.5. The normalized spacial score (nSPS) is 17.9. The molecule has 31 heavy (non-hydrogen) atoms. The molecule has 0 N–H and O–H groups in total. The Morgan fingerprint density at radius 3 is 2.03 bits per heavy atom. The SMILES string of the molecule is CCCCC(CC)C(=O)OOC(C)(CC(C)C)C(=O)C(C)(C)CC(=O)C(C)(C)C1OO1. The van der Waals surface area contributed by atoms with Crippen molar-refractivity contribution in [2.45, 2.75) is 113 Å². The van der Waals surface area contributed by atoms with Crippen LogP contribution in [0.3, 0.4) is 0 Å². The number of carbonyl (C=O) groups is 3. The van der Waals surface area contributed by atoms with E-state index in [4.69, 9.17) is 19.6 Å². The van der Waals surface area contributed by atoms with Gasteiger partial charge in [0, 0.05) is 11.8 Å². The van der Waals surface area contributed by atoms with Gasteiger partial charge < -0.3 is 0 Å². The minimum Gasteiger partial charge on any atom is -0.299 e. The van der Waals surface area contributed by atoms with E-state index in [1.54, 1.807) is 34.6 Å². The third-order valence-corrected chi connectivity index (χ3v) is 6.04. The van der Waals surface area contributed by atoms with Gasteiger partial charge in [-0.25, -0.2) is 4.79 Å². The molecule has 2 unspecified atom stereocenters. The molecule has 1 rings (SSSR count). The lowest BCUT2D eigenvalue weighted by Crippen LogP contribution is -2.49. The Kier molecular flexibility index (Phi) is 9.85. The number of hydrogen-bond acceptors (Lipinski definition) is 7. The van der Waals surface area contributed by atoms with Gasteiger partial charge in [-0.15, -0.1) is 0 Å². The van der Waals surface area contributed by atoms with E-state index < -0.39 is 28.7 Å². The van der Waals surface area contributed by atoms with E-state index >= 15 is 0 Å². The second-order valence-electron chi connectivity index (χ2n) is 10.6. The standard InChI is InChI=1S/C24H42O7/c1-10-12-13-17(11-2)19(26)28-31-24(9,14-16(3)4)20(27)22(5,6)15-18(25)23(7,8)21-29-30-21/h16-17,21H,10-15H2,1-9H3. The van der Waals surface area contributed by atoms with Crippen molar-refractivity contribution in [1.82, 2.24) is 0 Å². The van der Waals surface area contributed by atoms with Crippen LogP contribution in [0.5, 0.6) is 0 Å². The molecule has 0 aromatic carbocycles. The Morgan fingerprint density at radius 1 is 1.00 bits per heavy atom. The van der Waals surface area contributed by atoms with Gasteiger partial charge in [-0.2, -0.15) is 14.7 Å². The minimum absolute atomic E-state index is 0.00112. The van der Waals surface area contributed by atoms with Gasteiger partial charge in [0.25, 0.3) is 0 Å². The highest BCUT2D eigenvalue weighted by Crippen LogP contribution is 2.40. The molecule has 0 saturated carbocycles. The maximum atomic E-state index is 13.6. The van der Waals surface area contributed by atoms with E-state index in [2.05, 4.69) is 6.92 Å². The van der Waals surface area contributed by atoms with Crippen molar-refractivity contribution in [2.24, 2.45) is 22.7 Å². The molecule has 1 fully saturated rings. The van der Waals surface area contributed by atoms with Crippen LogP contribution in [0.1, 0.15) is 101 Å². The molecule has 0 bridgehead atoms. The first-order valence-electron chi connectivity index (χ1n) is 11.5. The zero-order valence-electron chi connectivity index (χ0n) is 20.8. The quantitative estimate of drug-likeness (QED) is 0.192. The van der Waals surface area contributed by atoms with Crippen LogP contribution in [0.2, 0.25) is 0 Å². The molecule has 1 aliphatic rings. The molecular formula is C24H42O7. The zero-order chi connectivity index (χ0) is 24.0. The van der Waals surface area contributed by atoms with Gasteiger partial charge in [0.15, 0.2) is 11.4 Å². The Labute approximate surface area is 187 Å². The second kappa shape index (κ2) is 11.0. The van der Waals surface area contributed by atoms with Crippen LogP contribution in [-0.2, 0) is 33.9 Å². The third-order valence-electron chi connectivity index (χ3n) is 6.04. The summed E-state index contributed by atoms with van der Waals surface area (Å²) in [5.74, 6) is -0.997. The van der Waals surface area contributed by atoms with E-state index in [1.807, 2.05) is 20.8 Å². The number of rotatable bonds is 15. The predicted octanol–water partition coefficient (Wildman–Crippen LogP) is 5.35. The number of carbonyl (C=O) groups excluding carboxylic acids is 3. The van der Waals surface area contributed by atoms with Gasteiger partial charge in [-0.05, 0) is 46.0 Å². The molecule has 1 saturated heterocycles. The lowest BCUT2D eigenvalue weighted by Gasteiger charge is -2.36. The molecule has 0 aliphatic carbocycles. The highest BCUT2D eigenvalue weighted by Gasteiger charge is 2.52. The van der Waals surface area contributed by atoms with Crippen LogP contribution < -0.4 is 0 Å². The predicted molar refractivity (Wildman–Crippen MR) is 116 cm³/mol. The summed E-state index contributed by atoms with van der Waals surface area (Å²) in [7, 11) is 0. The molecule has 180 valence electrons. The van der Waals surface area contributed by atoms with Crippen molar-refractivity contribution in [1.29, 1.82) is 0 Å². The van der Waals surface area contributed by atoms with Crippen LogP contribution >= 0.6 is 0 Å². The van der Waals surface area contributed by atoms with Gasteiger partial charge in [-0.1, -0.05) is 54.4 Å². The monoisotopic (exact) mass is 442 g/mol. The molecule has 7 heteroatoms.